The van der Waals surface area contributed by atoms with Crippen LogP contribution < -0.4 is 5.73 Å². The summed E-state index contributed by atoms with van der Waals surface area (Å²) in [5, 5.41) is 3.83. The number of methoxy groups -OCH3 is 1. The van der Waals surface area contributed by atoms with Crippen molar-refractivity contribution in [3.05, 3.63) is 18.3 Å². The quantitative estimate of drug-likeness (QED) is 0.818. The lowest BCUT2D eigenvalue weighted by Gasteiger charge is -2.00. The van der Waals surface area contributed by atoms with Gasteiger partial charge >= 0.3 is 0 Å². The Bertz CT molecular complexity index is 479. The highest BCUT2D eigenvalue weighted by atomic mass is 16.5. The zero-order valence-electron chi connectivity index (χ0n) is 9.83. The van der Waals surface area contributed by atoms with Crippen molar-refractivity contribution in [3.8, 4) is 11.6 Å². The molecule has 2 heterocycles. The maximum absolute atomic E-state index is 5.45. The summed E-state index contributed by atoms with van der Waals surface area (Å²) >= 11 is 0. The summed E-state index contributed by atoms with van der Waals surface area (Å²) in [6.45, 7) is 3.12. The third kappa shape index (κ3) is 2.51. The smallest absolute Gasteiger partial charge is 0.278 e. The second-order valence-electron chi connectivity index (χ2n) is 3.62. The van der Waals surface area contributed by atoms with Crippen molar-refractivity contribution in [3.63, 3.8) is 0 Å². The molecule has 2 N–H and O–H groups in total. The maximum Gasteiger partial charge on any atom is 0.278 e. The molecule has 1 atom stereocenters. The van der Waals surface area contributed by atoms with Crippen molar-refractivity contribution in [1.82, 2.24) is 19.7 Å². The number of nitrogens with zero attached hydrogens (tertiary/aromatic N) is 4. The number of ether oxygens (including phenoxy) is 1. The predicted molar refractivity (Wildman–Crippen MR) is 60.0 cm³/mol. The van der Waals surface area contributed by atoms with Gasteiger partial charge in [-0.05, 0) is 6.92 Å². The van der Waals surface area contributed by atoms with Gasteiger partial charge in [0.1, 0.15) is 11.8 Å². The molecule has 0 aliphatic heterocycles. The Hall–Kier alpha value is -1.73. The van der Waals surface area contributed by atoms with Gasteiger partial charge < -0.3 is 19.6 Å². The Morgan fingerprint density at radius 1 is 1.59 bits per heavy atom. The van der Waals surface area contributed by atoms with E-state index in [0.717, 1.165) is 0 Å². The first-order valence-electron chi connectivity index (χ1n) is 5.33. The van der Waals surface area contributed by atoms with Gasteiger partial charge in [-0.3, -0.25) is 0 Å². The molecule has 92 valence electrons. The molecule has 0 amide bonds. The minimum Gasteiger partial charge on any atom is -0.374 e. The summed E-state index contributed by atoms with van der Waals surface area (Å²) in [5.74, 6) is 0.899. The number of nitrogens with two attached hydrogens (primary N) is 1. The molecule has 0 saturated heterocycles. The Kier molecular flexibility index (Phi) is 3.50. The van der Waals surface area contributed by atoms with E-state index in [2.05, 4.69) is 15.1 Å². The highest BCUT2D eigenvalue weighted by Gasteiger charge is 2.15. The van der Waals surface area contributed by atoms with E-state index in [1.807, 2.05) is 17.7 Å². The van der Waals surface area contributed by atoms with E-state index in [1.165, 1.54) is 0 Å². The molecular weight excluding hydrogens is 222 g/mol. The van der Waals surface area contributed by atoms with Crippen LogP contribution in [-0.2, 0) is 11.3 Å². The zero-order chi connectivity index (χ0) is 12.3. The van der Waals surface area contributed by atoms with E-state index >= 15 is 0 Å². The van der Waals surface area contributed by atoms with Crippen LogP contribution in [0, 0.1) is 0 Å². The fourth-order valence-corrected chi connectivity index (χ4v) is 1.35. The largest absolute Gasteiger partial charge is 0.374 e. The van der Waals surface area contributed by atoms with Crippen LogP contribution in [0.15, 0.2) is 17.0 Å². The number of rotatable bonds is 5. The molecule has 7 nitrogen and oxygen atoms in total. The molecule has 0 bridgehead atoms. The Morgan fingerprint density at radius 2 is 2.41 bits per heavy atom. The van der Waals surface area contributed by atoms with Gasteiger partial charge in [0.05, 0.1) is 6.33 Å². The van der Waals surface area contributed by atoms with Crippen LogP contribution >= 0.6 is 0 Å². The monoisotopic (exact) mass is 237 g/mol. The summed E-state index contributed by atoms with van der Waals surface area (Å²) in [5.41, 5.74) is 6.09. The second-order valence-corrected chi connectivity index (χ2v) is 3.62. The van der Waals surface area contributed by atoms with Crippen molar-refractivity contribution < 1.29 is 9.26 Å². The van der Waals surface area contributed by atoms with Crippen molar-refractivity contribution in [2.45, 2.75) is 19.6 Å². The van der Waals surface area contributed by atoms with Crippen LogP contribution in [0.1, 0.15) is 18.9 Å². The summed E-state index contributed by atoms with van der Waals surface area (Å²) < 4.78 is 12.1. The lowest BCUT2D eigenvalue weighted by Crippen LogP contribution is -2.07. The molecule has 0 aliphatic carbocycles. The molecule has 0 aliphatic rings. The van der Waals surface area contributed by atoms with Crippen LogP contribution in [0.2, 0.25) is 0 Å². The zero-order valence-corrected chi connectivity index (χ0v) is 9.83. The van der Waals surface area contributed by atoms with E-state index in [0.29, 0.717) is 30.5 Å². The molecule has 17 heavy (non-hydrogen) atoms. The number of aromatic nitrogens is 4. The predicted octanol–water partition coefficient (Wildman–Crippen LogP) is 0.599. The van der Waals surface area contributed by atoms with Crippen LogP contribution in [-0.4, -0.2) is 33.3 Å². The average molecular weight is 237 g/mol. The van der Waals surface area contributed by atoms with Crippen molar-refractivity contribution in [1.29, 1.82) is 0 Å². The van der Waals surface area contributed by atoms with E-state index in [4.69, 9.17) is 15.0 Å². The molecule has 2 rings (SSSR count). The standard InChI is InChI=1S/C10H15N5O2/c1-7(16-2)9-13-10(17-14-9)8-5-15(4-3-11)6-12-8/h5-7H,3-4,11H2,1-2H3. The van der Waals surface area contributed by atoms with E-state index in [-0.39, 0.29) is 6.10 Å². The number of hydrogen-bond acceptors (Lipinski definition) is 6. The minimum atomic E-state index is -0.196. The van der Waals surface area contributed by atoms with Gasteiger partial charge in [0.2, 0.25) is 5.82 Å². The lowest BCUT2D eigenvalue weighted by molar-refractivity contribution is 0.109. The highest BCUT2D eigenvalue weighted by molar-refractivity contribution is 5.44. The SMILES string of the molecule is COC(C)c1noc(-c2cn(CCN)cn2)n1. The molecule has 0 aromatic carbocycles. The molecule has 0 fully saturated rings. The fraction of sp³-hybridized carbons (Fsp3) is 0.500. The number of imidazole rings is 1. The summed E-state index contributed by atoms with van der Waals surface area (Å²) in [6.07, 6.45) is 3.31. The van der Waals surface area contributed by atoms with Gasteiger partial charge in [-0.25, -0.2) is 4.98 Å². The van der Waals surface area contributed by atoms with Crippen LogP contribution in [0.3, 0.4) is 0 Å². The molecule has 7 heteroatoms. The van der Waals surface area contributed by atoms with Gasteiger partial charge in [0.25, 0.3) is 5.89 Å². The second kappa shape index (κ2) is 5.07. The Balaban J connectivity index is 2.18. The van der Waals surface area contributed by atoms with Gasteiger partial charge in [-0.1, -0.05) is 5.16 Å². The first kappa shape index (κ1) is 11.7. The van der Waals surface area contributed by atoms with E-state index in [1.54, 1.807) is 13.4 Å². The van der Waals surface area contributed by atoms with Gasteiger partial charge in [-0.15, -0.1) is 0 Å². The molecule has 0 saturated carbocycles. The summed E-state index contributed by atoms with van der Waals surface area (Å²) in [7, 11) is 1.59. The first-order chi connectivity index (χ1) is 8.24. The van der Waals surface area contributed by atoms with Gasteiger partial charge in [0, 0.05) is 26.4 Å². The molecule has 0 radical (unpaired) electrons. The average Bonchev–Trinajstić information content (AvgIpc) is 2.96. The van der Waals surface area contributed by atoms with Crippen molar-refractivity contribution >= 4 is 0 Å². The highest BCUT2D eigenvalue weighted by Crippen LogP contribution is 2.18. The lowest BCUT2D eigenvalue weighted by atomic mass is 10.4. The third-order valence-electron chi connectivity index (χ3n) is 2.40. The van der Waals surface area contributed by atoms with E-state index < -0.39 is 0 Å². The van der Waals surface area contributed by atoms with Crippen LogP contribution in [0.25, 0.3) is 11.6 Å². The molecule has 2 aromatic heterocycles. The summed E-state index contributed by atoms with van der Waals surface area (Å²) in [6, 6.07) is 0. The van der Waals surface area contributed by atoms with Gasteiger partial charge in [0.15, 0.2) is 0 Å². The molecule has 2 aromatic rings. The first-order valence-corrected chi connectivity index (χ1v) is 5.33. The fourth-order valence-electron chi connectivity index (χ4n) is 1.35. The van der Waals surface area contributed by atoms with E-state index in [9.17, 15) is 0 Å². The summed E-state index contributed by atoms with van der Waals surface area (Å²) in [4.78, 5) is 8.39. The third-order valence-corrected chi connectivity index (χ3v) is 2.40. The Labute approximate surface area is 98.6 Å². The van der Waals surface area contributed by atoms with Crippen LogP contribution in [0.4, 0.5) is 0 Å². The normalized spacial score (nSPS) is 12.9. The number of hydrogen-bond donors (Lipinski definition) is 1. The van der Waals surface area contributed by atoms with Crippen molar-refractivity contribution in [2.24, 2.45) is 5.73 Å². The van der Waals surface area contributed by atoms with Crippen molar-refractivity contribution in [2.75, 3.05) is 13.7 Å². The Morgan fingerprint density at radius 3 is 3.12 bits per heavy atom. The molecular formula is C10H15N5O2. The maximum atomic E-state index is 5.45. The van der Waals surface area contributed by atoms with Gasteiger partial charge in [-0.2, -0.15) is 4.98 Å². The van der Waals surface area contributed by atoms with Crippen LogP contribution in [0.5, 0.6) is 0 Å². The molecule has 0 spiro atoms. The topological polar surface area (TPSA) is 92.0 Å². The minimum absolute atomic E-state index is 0.196. The molecule has 1 unspecified atom stereocenters.